The van der Waals surface area contributed by atoms with Crippen molar-refractivity contribution >= 4 is 5.91 Å². The molecule has 126 valence electrons. The summed E-state index contributed by atoms with van der Waals surface area (Å²) < 4.78 is 14.8. The minimum atomic E-state index is -0.656. The smallest absolute Gasteiger partial charge is 0.251 e. The molecule has 6 heteroatoms. The highest BCUT2D eigenvalue weighted by Crippen LogP contribution is 2.32. The molecule has 24 heavy (non-hydrogen) atoms. The standard InChI is InChI=1S/C18H19FN2O3/c1-12-5-6-20(17(23)7-12)11-18(24)21-10-15(22)9-16(21)13-3-2-4-14(19)8-13/h2-8,15-16,22H,9-11H2,1H3. The highest BCUT2D eigenvalue weighted by Gasteiger charge is 2.35. The van der Waals surface area contributed by atoms with Crippen LogP contribution in [0.2, 0.25) is 0 Å². The van der Waals surface area contributed by atoms with Gasteiger partial charge in [-0.1, -0.05) is 12.1 Å². The van der Waals surface area contributed by atoms with Crippen LogP contribution in [0.4, 0.5) is 4.39 Å². The number of benzene rings is 1. The van der Waals surface area contributed by atoms with Gasteiger partial charge in [-0.15, -0.1) is 0 Å². The molecule has 1 aliphatic heterocycles. The molecule has 2 atom stereocenters. The van der Waals surface area contributed by atoms with E-state index in [0.717, 1.165) is 5.56 Å². The number of aryl methyl sites for hydroxylation is 1. The van der Waals surface area contributed by atoms with E-state index in [-0.39, 0.29) is 36.4 Å². The van der Waals surface area contributed by atoms with Crippen LogP contribution in [-0.4, -0.2) is 33.1 Å². The second kappa shape index (κ2) is 6.57. The third-order valence-corrected chi connectivity index (χ3v) is 4.29. The van der Waals surface area contributed by atoms with Crippen LogP contribution in [0, 0.1) is 12.7 Å². The third-order valence-electron chi connectivity index (χ3n) is 4.29. The number of carbonyl (C=O) groups is 1. The molecule has 0 radical (unpaired) electrons. The van der Waals surface area contributed by atoms with Crippen LogP contribution in [0.5, 0.6) is 0 Å². The number of aliphatic hydroxyl groups is 1. The normalized spacial score (nSPS) is 20.4. The van der Waals surface area contributed by atoms with Crippen molar-refractivity contribution in [1.29, 1.82) is 0 Å². The van der Waals surface area contributed by atoms with Crippen molar-refractivity contribution in [3.8, 4) is 0 Å². The average Bonchev–Trinajstić information content (AvgIpc) is 2.92. The summed E-state index contributed by atoms with van der Waals surface area (Å²) in [6.07, 6.45) is 1.29. The quantitative estimate of drug-likeness (QED) is 0.930. The minimum Gasteiger partial charge on any atom is -0.391 e. The van der Waals surface area contributed by atoms with E-state index in [9.17, 15) is 19.1 Å². The predicted molar refractivity (Wildman–Crippen MR) is 86.9 cm³/mol. The molecular formula is C18H19FN2O3. The maximum absolute atomic E-state index is 13.5. The van der Waals surface area contributed by atoms with Gasteiger partial charge in [-0.2, -0.15) is 0 Å². The maximum Gasteiger partial charge on any atom is 0.251 e. The number of amides is 1. The van der Waals surface area contributed by atoms with Gasteiger partial charge in [0, 0.05) is 18.8 Å². The molecule has 2 heterocycles. The Kier molecular flexibility index (Phi) is 4.49. The van der Waals surface area contributed by atoms with Crippen LogP contribution in [-0.2, 0) is 11.3 Å². The van der Waals surface area contributed by atoms with E-state index in [1.54, 1.807) is 24.4 Å². The summed E-state index contributed by atoms with van der Waals surface area (Å²) in [7, 11) is 0. The molecule has 0 saturated carbocycles. The third kappa shape index (κ3) is 3.38. The second-order valence-corrected chi connectivity index (χ2v) is 6.18. The first-order valence-electron chi connectivity index (χ1n) is 7.84. The zero-order chi connectivity index (χ0) is 17.3. The van der Waals surface area contributed by atoms with Crippen molar-refractivity contribution in [3.05, 3.63) is 69.9 Å². The number of β-amino-alcohol motifs (C(OH)–C–C–N with tert-alkyl or cyclic N) is 1. The van der Waals surface area contributed by atoms with E-state index in [1.165, 1.54) is 27.7 Å². The van der Waals surface area contributed by atoms with E-state index < -0.39 is 6.10 Å². The number of nitrogens with zero attached hydrogens (tertiary/aromatic N) is 2. The summed E-state index contributed by atoms with van der Waals surface area (Å²) in [4.78, 5) is 26.1. The topological polar surface area (TPSA) is 62.5 Å². The molecule has 1 amide bonds. The number of halogens is 1. The largest absolute Gasteiger partial charge is 0.391 e. The lowest BCUT2D eigenvalue weighted by Crippen LogP contribution is -2.36. The van der Waals surface area contributed by atoms with E-state index in [2.05, 4.69) is 0 Å². The summed E-state index contributed by atoms with van der Waals surface area (Å²) in [5.74, 6) is -0.650. The SMILES string of the molecule is Cc1ccn(CC(=O)N2CC(O)CC2c2cccc(F)c2)c(=O)c1. The number of pyridine rings is 1. The van der Waals surface area contributed by atoms with Gasteiger partial charge in [-0.3, -0.25) is 9.59 Å². The first-order chi connectivity index (χ1) is 11.4. The van der Waals surface area contributed by atoms with Crippen LogP contribution >= 0.6 is 0 Å². The molecule has 3 rings (SSSR count). The van der Waals surface area contributed by atoms with Gasteiger partial charge in [0.05, 0.1) is 12.1 Å². The summed E-state index contributed by atoms with van der Waals surface area (Å²) in [6, 6.07) is 8.89. The first kappa shape index (κ1) is 16.4. The lowest BCUT2D eigenvalue weighted by molar-refractivity contribution is -0.133. The van der Waals surface area contributed by atoms with Crippen molar-refractivity contribution in [1.82, 2.24) is 9.47 Å². The van der Waals surface area contributed by atoms with Gasteiger partial charge in [0.15, 0.2) is 0 Å². The molecule has 0 aliphatic carbocycles. The Bertz CT molecular complexity index is 818. The molecule has 1 saturated heterocycles. The highest BCUT2D eigenvalue weighted by atomic mass is 19.1. The monoisotopic (exact) mass is 330 g/mol. The summed E-state index contributed by atoms with van der Waals surface area (Å²) >= 11 is 0. The number of aromatic nitrogens is 1. The van der Waals surface area contributed by atoms with E-state index in [1.807, 2.05) is 6.92 Å². The number of hydrogen-bond acceptors (Lipinski definition) is 3. The Morgan fingerprint density at radius 1 is 1.33 bits per heavy atom. The van der Waals surface area contributed by atoms with Crippen molar-refractivity contribution < 1.29 is 14.3 Å². The van der Waals surface area contributed by atoms with Crippen molar-refractivity contribution in [3.63, 3.8) is 0 Å². The molecule has 2 unspecified atom stereocenters. The van der Waals surface area contributed by atoms with E-state index >= 15 is 0 Å². The van der Waals surface area contributed by atoms with Crippen LogP contribution < -0.4 is 5.56 Å². The minimum absolute atomic E-state index is 0.0996. The average molecular weight is 330 g/mol. The predicted octanol–water partition coefficient (Wildman–Crippen LogP) is 1.63. The molecule has 1 fully saturated rings. The van der Waals surface area contributed by atoms with Gasteiger partial charge in [0.2, 0.25) is 5.91 Å². The summed E-state index contributed by atoms with van der Waals surface area (Å²) in [5, 5.41) is 9.95. The fourth-order valence-corrected chi connectivity index (χ4v) is 3.09. The molecular weight excluding hydrogens is 311 g/mol. The molecule has 1 aliphatic rings. The first-order valence-corrected chi connectivity index (χ1v) is 7.84. The zero-order valence-corrected chi connectivity index (χ0v) is 13.4. The molecule has 5 nitrogen and oxygen atoms in total. The summed E-state index contributed by atoms with van der Waals surface area (Å²) in [6.45, 7) is 1.89. The number of carbonyl (C=O) groups excluding carboxylic acids is 1. The maximum atomic E-state index is 13.5. The number of rotatable bonds is 3. The van der Waals surface area contributed by atoms with Crippen LogP contribution in [0.15, 0.2) is 47.4 Å². The van der Waals surface area contributed by atoms with Crippen LogP contribution in [0.1, 0.15) is 23.6 Å². The molecule has 0 spiro atoms. The van der Waals surface area contributed by atoms with E-state index in [4.69, 9.17) is 0 Å². The van der Waals surface area contributed by atoms with Crippen molar-refractivity contribution in [2.24, 2.45) is 0 Å². The number of aliphatic hydroxyl groups excluding tert-OH is 1. The van der Waals surface area contributed by atoms with Crippen molar-refractivity contribution in [2.45, 2.75) is 32.0 Å². The Balaban J connectivity index is 1.83. The van der Waals surface area contributed by atoms with Gasteiger partial charge >= 0.3 is 0 Å². The van der Waals surface area contributed by atoms with Gasteiger partial charge in [0.25, 0.3) is 5.56 Å². The Hall–Kier alpha value is -2.47. The summed E-state index contributed by atoms with van der Waals surface area (Å²) in [5.41, 5.74) is 1.24. The van der Waals surface area contributed by atoms with Gasteiger partial charge in [-0.25, -0.2) is 4.39 Å². The Morgan fingerprint density at radius 2 is 2.12 bits per heavy atom. The molecule has 1 aromatic carbocycles. The lowest BCUT2D eigenvalue weighted by Gasteiger charge is -2.25. The fraction of sp³-hybridized carbons (Fsp3) is 0.333. The Morgan fingerprint density at radius 3 is 2.83 bits per heavy atom. The highest BCUT2D eigenvalue weighted by molar-refractivity contribution is 5.77. The Labute approximate surface area is 139 Å². The van der Waals surface area contributed by atoms with Gasteiger partial charge in [-0.05, 0) is 42.7 Å². The van der Waals surface area contributed by atoms with Crippen LogP contribution in [0.25, 0.3) is 0 Å². The number of likely N-dealkylation sites (tertiary alicyclic amines) is 1. The molecule has 1 aromatic heterocycles. The second-order valence-electron chi connectivity index (χ2n) is 6.18. The lowest BCUT2D eigenvalue weighted by atomic mass is 10.0. The van der Waals surface area contributed by atoms with Gasteiger partial charge in [0.1, 0.15) is 12.4 Å². The van der Waals surface area contributed by atoms with Crippen molar-refractivity contribution in [2.75, 3.05) is 6.54 Å². The fourth-order valence-electron chi connectivity index (χ4n) is 3.09. The molecule has 2 aromatic rings. The molecule has 0 bridgehead atoms. The zero-order valence-electron chi connectivity index (χ0n) is 13.4. The molecule has 1 N–H and O–H groups in total. The number of hydrogen-bond donors (Lipinski definition) is 1. The van der Waals surface area contributed by atoms with Crippen LogP contribution in [0.3, 0.4) is 0 Å². The van der Waals surface area contributed by atoms with Gasteiger partial charge < -0.3 is 14.6 Å². The van der Waals surface area contributed by atoms with E-state index in [0.29, 0.717) is 12.0 Å².